The van der Waals surface area contributed by atoms with E-state index < -0.39 is 11.2 Å². The van der Waals surface area contributed by atoms with E-state index >= 15 is 0 Å². The second kappa shape index (κ2) is 16.1. The Kier molecular flexibility index (Phi) is 11.5. The fourth-order valence-corrected chi connectivity index (χ4v) is 5.71. The van der Waals surface area contributed by atoms with Gasteiger partial charge in [0.25, 0.3) is 5.56 Å². The summed E-state index contributed by atoms with van der Waals surface area (Å²) in [4.78, 5) is 43.4. The van der Waals surface area contributed by atoms with E-state index in [0.717, 1.165) is 38.7 Å². The maximum atomic E-state index is 12.9. The second-order valence-corrected chi connectivity index (χ2v) is 11.6. The Morgan fingerprint density at radius 1 is 0.776 bits per heavy atom. The van der Waals surface area contributed by atoms with Gasteiger partial charge in [0.2, 0.25) is 0 Å². The van der Waals surface area contributed by atoms with Crippen molar-refractivity contribution in [1.29, 1.82) is 0 Å². The van der Waals surface area contributed by atoms with Gasteiger partial charge in [0, 0.05) is 33.7 Å². The van der Waals surface area contributed by atoms with E-state index in [1.54, 1.807) is 17.9 Å². The fraction of sp³-hybridized carbons (Fsp3) is 0.211. The molecule has 0 aliphatic heterocycles. The summed E-state index contributed by atoms with van der Waals surface area (Å²) < 4.78 is 16.8. The number of ether oxygens (including phenoxy) is 2. The number of halogens is 1. The molecule has 0 saturated carbocycles. The molecule has 11 heteroatoms. The minimum Gasteiger partial charge on any atom is -0.485 e. The number of imidazole rings is 1. The third kappa shape index (κ3) is 7.99. The molecule has 0 aliphatic rings. The van der Waals surface area contributed by atoms with Crippen LogP contribution in [0.1, 0.15) is 16.7 Å². The Bertz CT molecular complexity index is 2140. The standard InChI is InChI=1S/C38H37N5O5.ClH/c1-40-36-35(37(45)41(2)38(40)46)43(27-39-36)20-19-42(21-22-44)24-31-15-9-10-16-32(31)30-17-18-33(47-25-28-11-5-3-6-12-28)34(23-30)48-26-29-13-7-4-8-14-29;/h3-18,22-23,27H,19-21,24-26H2,1-2H3;1H. The summed E-state index contributed by atoms with van der Waals surface area (Å²) in [6.07, 6.45) is 2.45. The van der Waals surface area contributed by atoms with Crippen molar-refractivity contribution in [2.75, 3.05) is 13.1 Å². The van der Waals surface area contributed by atoms with Gasteiger partial charge in [0.05, 0.1) is 12.9 Å². The highest BCUT2D eigenvalue weighted by Gasteiger charge is 2.17. The first kappa shape index (κ1) is 34.9. The lowest BCUT2D eigenvalue weighted by Gasteiger charge is -2.22. The molecule has 2 heterocycles. The lowest BCUT2D eigenvalue weighted by Crippen LogP contribution is -2.38. The van der Waals surface area contributed by atoms with Crippen molar-refractivity contribution in [3.8, 4) is 22.6 Å². The van der Waals surface area contributed by atoms with Gasteiger partial charge in [-0.1, -0.05) is 91.0 Å². The smallest absolute Gasteiger partial charge is 0.332 e. The molecule has 0 aliphatic carbocycles. The molecule has 4 aromatic carbocycles. The van der Waals surface area contributed by atoms with E-state index in [1.807, 2.05) is 95.9 Å². The van der Waals surface area contributed by atoms with Gasteiger partial charge in [0.1, 0.15) is 19.5 Å². The van der Waals surface area contributed by atoms with Gasteiger partial charge >= 0.3 is 5.69 Å². The van der Waals surface area contributed by atoms with Crippen LogP contribution in [-0.2, 0) is 45.2 Å². The Labute approximate surface area is 290 Å². The first-order valence-corrected chi connectivity index (χ1v) is 15.8. The molecule has 252 valence electrons. The summed E-state index contributed by atoms with van der Waals surface area (Å²) in [7, 11) is 3.05. The summed E-state index contributed by atoms with van der Waals surface area (Å²) in [5.74, 6) is 1.28. The van der Waals surface area contributed by atoms with E-state index in [4.69, 9.17) is 9.47 Å². The summed E-state index contributed by atoms with van der Waals surface area (Å²) in [6, 6.07) is 34.1. The normalized spacial score (nSPS) is 11.0. The number of carbonyl (C=O) groups excluding carboxylic acids is 1. The highest BCUT2D eigenvalue weighted by molar-refractivity contribution is 5.85. The predicted molar refractivity (Wildman–Crippen MR) is 192 cm³/mol. The van der Waals surface area contributed by atoms with Gasteiger partial charge in [-0.15, -0.1) is 12.4 Å². The highest BCUT2D eigenvalue weighted by Crippen LogP contribution is 2.35. The van der Waals surface area contributed by atoms with Crippen LogP contribution < -0.4 is 20.7 Å². The molecule has 0 bridgehead atoms. The Morgan fingerprint density at radius 3 is 2.08 bits per heavy atom. The van der Waals surface area contributed by atoms with Crippen LogP contribution in [0.3, 0.4) is 0 Å². The Morgan fingerprint density at radius 2 is 1.41 bits per heavy atom. The monoisotopic (exact) mass is 679 g/mol. The number of fused-ring (bicyclic) bond motifs is 1. The number of hydrogen-bond acceptors (Lipinski definition) is 7. The molecule has 0 fully saturated rings. The van der Waals surface area contributed by atoms with Crippen LogP contribution in [0.4, 0.5) is 0 Å². The summed E-state index contributed by atoms with van der Waals surface area (Å²) in [5, 5.41) is 0. The van der Waals surface area contributed by atoms with Gasteiger partial charge in [-0.2, -0.15) is 0 Å². The number of benzene rings is 4. The van der Waals surface area contributed by atoms with Gasteiger partial charge < -0.3 is 18.8 Å². The van der Waals surface area contributed by atoms with Crippen molar-refractivity contribution in [2.24, 2.45) is 14.1 Å². The molecule has 10 nitrogen and oxygen atoms in total. The van der Waals surface area contributed by atoms with Gasteiger partial charge in [-0.25, -0.2) is 9.78 Å². The van der Waals surface area contributed by atoms with Crippen molar-refractivity contribution >= 4 is 29.9 Å². The first-order valence-electron chi connectivity index (χ1n) is 15.8. The highest BCUT2D eigenvalue weighted by atomic mass is 35.5. The van der Waals surface area contributed by atoms with Crippen LogP contribution in [0.25, 0.3) is 22.3 Å². The zero-order chi connectivity index (χ0) is 33.5. The molecule has 6 aromatic rings. The minimum absolute atomic E-state index is 0. The maximum absolute atomic E-state index is 12.9. The molecule has 0 saturated heterocycles. The van der Waals surface area contributed by atoms with Crippen molar-refractivity contribution in [2.45, 2.75) is 26.3 Å². The number of hydrogen-bond donors (Lipinski definition) is 0. The molecule has 0 amide bonds. The Hall–Kier alpha value is -5.45. The molecule has 6 rings (SSSR count). The lowest BCUT2D eigenvalue weighted by molar-refractivity contribution is -0.109. The Balaban J connectivity index is 0.00000468. The van der Waals surface area contributed by atoms with Crippen LogP contribution in [0.2, 0.25) is 0 Å². The van der Waals surface area contributed by atoms with Gasteiger partial charge in [-0.05, 0) is 39.9 Å². The van der Waals surface area contributed by atoms with Crippen molar-refractivity contribution < 1.29 is 14.3 Å². The number of aromatic nitrogens is 4. The average Bonchev–Trinajstić information content (AvgIpc) is 3.56. The summed E-state index contributed by atoms with van der Waals surface area (Å²) in [5.41, 5.74) is 4.94. The van der Waals surface area contributed by atoms with Crippen LogP contribution in [-0.4, -0.2) is 43.0 Å². The summed E-state index contributed by atoms with van der Waals surface area (Å²) >= 11 is 0. The van der Waals surface area contributed by atoms with E-state index in [9.17, 15) is 14.4 Å². The van der Waals surface area contributed by atoms with Crippen molar-refractivity contribution in [3.63, 3.8) is 0 Å². The predicted octanol–water partition coefficient (Wildman–Crippen LogP) is 5.38. The molecule has 0 unspecified atom stereocenters. The van der Waals surface area contributed by atoms with E-state index in [1.165, 1.54) is 11.6 Å². The number of rotatable bonds is 14. The number of aldehydes is 1. The third-order valence-corrected chi connectivity index (χ3v) is 8.35. The van der Waals surface area contributed by atoms with E-state index in [0.29, 0.717) is 55.5 Å². The molecular weight excluding hydrogens is 642 g/mol. The molecule has 49 heavy (non-hydrogen) atoms. The largest absolute Gasteiger partial charge is 0.485 e. The second-order valence-electron chi connectivity index (χ2n) is 11.6. The number of aryl methyl sites for hydroxylation is 1. The number of carbonyl (C=O) groups is 1. The number of nitrogens with zero attached hydrogens (tertiary/aromatic N) is 5. The van der Waals surface area contributed by atoms with E-state index in [2.05, 4.69) is 17.1 Å². The van der Waals surface area contributed by atoms with Crippen LogP contribution >= 0.6 is 12.4 Å². The lowest BCUT2D eigenvalue weighted by atomic mass is 9.98. The quantitative estimate of drug-likeness (QED) is 0.143. The van der Waals surface area contributed by atoms with Crippen LogP contribution in [0.5, 0.6) is 11.5 Å². The fourth-order valence-electron chi connectivity index (χ4n) is 5.71. The first-order chi connectivity index (χ1) is 23.4. The van der Waals surface area contributed by atoms with Crippen molar-refractivity contribution in [1.82, 2.24) is 23.6 Å². The van der Waals surface area contributed by atoms with Gasteiger partial charge in [-0.3, -0.25) is 18.8 Å². The average molecular weight is 680 g/mol. The third-order valence-electron chi connectivity index (χ3n) is 8.35. The molecule has 0 N–H and O–H groups in total. The zero-order valence-corrected chi connectivity index (χ0v) is 28.2. The minimum atomic E-state index is -0.429. The topological polar surface area (TPSA) is 101 Å². The molecule has 0 atom stereocenters. The summed E-state index contributed by atoms with van der Waals surface area (Å²) in [6.45, 7) is 2.38. The molecular formula is C38H38ClN5O5. The maximum Gasteiger partial charge on any atom is 0.332 e. The van der Waals surface area contributed by atoms with Gasteiger partial charge in [0.15, 0.2) is 22.7 Å². The molecule has 2 aromatic heterocycles. The van der Waals surface area contributed by atoms with Crippen LogP contribution in [0.15, 0.2) is 119 Å². The van der Waals surface area contributed by atoms with Crippen LogP contribution in [0, 0.1) is 0 Å². The van der Waals surface area contributed by atoms with E-state index in [-0.39, 0.29) is 19.0 Å². The molecule has 0 spiro atoms. The molecule has 0 radical (unpaired) electrons. The zero-order valence-electron chi connectivity index (χ0n) is 27.4. The van der Waals surface area contributed by atoms with Crippen molar-refractivity contribution in [3.05, 3.63) is 147 Å². The SMILES string of the molecule is Cl.Cn1c(=O)c2c(ncn2CCN(CC=O)Cc2ccccc2-c2ccc(OCc3ccccc3)c(OCc3ccccc3)c2)n(C)c1=O.